The van der Waals surface area contributed by atoms with Crippen LogP contribution in [-0.4, -0.2) is 48.3 Å². The van der Waals surface area contributed by atoms with Crippen LogP contribution >= 0.6 is 0 Å². The monoisotopic (exact) mass is 342 g/mol. The predicted octanol–water partition coefficient (Wildman–Crippen LogP) is 1.99. The molecule has 0 aliphatic carbocycles. The van der Waals surface area contributed by atoms with Crippen LogP contribution in [0.4, 0.5) is 10.5 Å². The zero-order valence-electron chi connectivity index (χ0n) is 13.1. The number of amides is 1. The maximum atomic E-state index is 12.4. The Labute approximate surface area is 134 Å². The van der Waals surface area contributed by atoms with Gasteiger partial charge in [-0.15, -0.1) is 0 Å². The van der Waals surface area contributed by atoms with Crippen LogP contribution in [0.5, 0.6) is 0 Å². The standard InChI is InChI=1S/C14H18N2O6S/c1-14(2,3)22-13(17)15-8-12(9-15)23(20,21)11-6-4-10(5-7-11)16(18)19/h4-7,12H,8-9H2,1-3H3. The van der Waals surface area contributed by atoms with Gasteiger partial charge in [-0.3, -0.25) is 10.1 Å². The van der Waals surface area contributed by atoms with Crippen LogP contribution in [0.2, 0.25) is 0 Å². The van der Waals surface area contributed by atoms with Gasteiger partial charge in [-0.25, -0.2) is 13.2 Å². The summed E-state index contributed by atoms with van der Waals surface area (Å²) in [5.41, 5.74) is -0.813. The van der Waals surface area contributed by atoms with Crippen LogP contribution in [0, 0.1) is 10.1 Å². The molecule has 1 heterocycles. The van der Waals surface area contributed by atoms with Gasteiger partial charge in [0.05, 0.1) is 9.82 Å². The fraction of sp³-hybridized carbons (Fsp3) is 0.500. The van der Waals surface area contributed by atoms with Gasteiger partial charge in [0.2, 0.25) is 0 Å². The molecule has 1 saturated heterocycles. The van der Waals surface area contributed by atoms with E-state index >= 15 is 0 Å². The van der Waals surface area contributed by atoms with Crippen molar-refractivity contribution in [3.8, 4) is 0 Å². The summed E-state index contributed by atoms with van der Waals surface area (Å²) in [7, 11) is -3.63. The first-order valence-corrected chi connectivity index (χ1v) is 8.51. The molecule has 0 N–H and O–H groups in total. The Morgan fingerprint density at radius 2 is 1.78 bits per heavy atom. The minimum absolute atomic E-state index is 0.0111. The lowest BCUT2D eigenvalue weighted by atomic mass is 10.2. The molecule has 1 aliphatic heterocycles. The Kier molecular flexibility index (Phi) is 4.34. The van der Waals surface area contributed by atoms with Gasteiger partial charge in [-0.1, -0.05) is 0 Å². The van der Waals surface area contributed by atoms with E-state index in [0.717, 1.165) is 12.1 Å². The maximum absolute atomic E-state index is 12.4. The molecule has 1 aliphatic rings. The average molecular weight is 342 g/mol. The second kappa shape index (κ2) is 5.80. The van der Waals surface area contributed by atoms with Gasteiger partial charge in [0.1, 0.15) is 10.9 Å². The molecule has 2 rings (SSSR count). The molecule has 0 bridgehead atoms. The van der Waals surface area contributed by atoms with E-state index < -0.39 is 31.7 Å². The summed E-state index contributed by atoms with van der Waals surface area (Å²) in [6, 6.07) is 4.72. The molecule has 0 aromatic heterocycles. The van der Waals surface area contributed by atoms with Gasteiger partial charge >= 0.3 is 6.09 Å². The lowest BCUT2D eigenvalue weighted by Crippen LogP contribution is -2.57. The third-order valence-electron chi connectivity index (χ3n) is 3.31. The van der Waals surface area contributed by atoms with Gasteiger partial charge in [-0.05, 0) is 32.9 Å². The molecule has 1 amide bonds. The highest BCUT2D eigenvalue weighted by Crippen LogP contribution is 2.26. The Morgan fingerprint density at radius 1 is 1.26 bits per heavy atom. The van der Waals surface area contributed by atoms with Crippen molar-refractivity contribution in [3.05, 3.63) is 34.4 Å². The predicted molar refractivity (Wildman–Crippen MR) is 81.9 cm³/mol. The second-order valence-electron chi connectivity index (χ2n) is 6.30. The number of carbonyl (C=O) groups excluding carboxylic acids is 1. The SMILES string of the molecule is CC(C)(C)OC(=O)N1CC(S(=O)(=O)c2ccc([N+](=O)[O-])cc2)C1. The minimum Gasteiger partial charge on any atom is -0.444 e. The first kappa shape index (κ1) is 17.2. The lowest BCUT2D eigenvalue weighted by molar-refractivity contribution is -0.384. The van der Waals surface area contributed by atoms with Crippen molar-refractivity contribution in [2.75, 3.05) is 13.1 Å². The van der Waals surface area contributed by atoms with E-state index in [-0.39, 0.29) is 23.7 Å². The number of carbonyl (C=O) groups is 1. The highest BCUT2D eigenvalue weighted by molar-refractivity contribution is 7.92. The molecule has 0 radical (unpaired) electrons. The Hall–Kier alpha value is -2.16. The minimum atomic E-state index is -3.63. The van der Waals surface area contributed by atoms with Crippen molar-refractivity contribution in [2.24, 2.45) is 0 Å². The number of hydrogen-bond acceptors (Lipinski definition) is 6. The zero-order chi connectivity index (χ0) is 17.4. The Bertz CT molecular complexity index is 715. The van der Waals surface area contributed by atoms with Crippen molar-refractivity contribution in [2.45, 2.75) is 36.5 Å². The van der Waals surface area contributed by atoms with Crippen molar-refractivity contribution in [3.63, 3.8) is 0 Å². The molecular weight excluding hydrogens is 324 g/mol. The highest BCUT2D eigenvalue weighted by Gasteiger charge is 2.42. The summed E-state index contributed by atoms with van der Waals surface area (Å²) in [5, 5.41) is 9.87. The van der Waals surface area contributed by atoms with Crippen molar-refractivity contribution in [1.82, 2.24) is 4.90 Å². The van der Waals surface area contributed by atoms with Crippen molar-refractivity contribution in [1.29, 1.82) is 0 Å². The summed E-state index contributed by atoms with van der Waals surface area (Å²) in [6.45, 7) is 5.30. The molecular formula is C14H18N2O6S. The van der Waals surface area contributed by atoms with Gasteiger partial charge in [0.15, 0.2) is 9.84 Å². The molecule has 0 spiro atoms. The first-order valence-electron chi connectivity index (χ1n) is 6.97. The van der Waals surface area contributed by atoms with E-state index in [2.05, 4.69) is 0 Å². The third kappa shape index (κ3) is 3.79. The molecule has 1 aromatic carbocycles. The number of nitrogens with zero attached hydrogens (tertiary/aromatic N) is 2. The number of nitro benzene ring substituents is 1. The average Bonchev–Trinajstić information content (AvgIpc) is 2.34. The molecule has 1 fully saturated rings. The number of benzene rings is 1. The fourth-order valence-corrected chi connectivity index (χ4v) is 3.71. The lowest BCUT2D eigenvalue weighted by Gasteiger charge is -2.39. The number of sulfone groups is 1. The van der Waals surface area contributed by atoms with E-state index in [9.17, 15) is 23.3 Å². The first-order chi connectivity index (χ1) is 10.5. The number of likely N-dealkylation sites (tertiary alicyclic amines) is 1. The largest absolute Gasteiger partial charge is 0.444 e. The summed E-state index contributed by atoms with van der Waals surface area (Å²) in [5.74, 6) is 0. The molecule has 23 heavy (non-hydrogen) atoms. The summed E-state index contributed by atoms with van der Waals surface area (Å²) in [4.78, 5) is 23.1. The number of hydrogen-bond donors (Lipinski definition) is 0. The molecule has 0 saturated carbocycles. The van der Waals surface area contributed by atoms with E-state index in [4.69, 9.17) is 4.74 Å². The zero-order valence-corrected chi connectivity index (χ0v) is 13.9. The molecule has 8 nitrogen and oxygen atoms in total. The van der Waals surface area contributed by atoms with Crippen molar-refractivity contribution < 1.29 is 22.9 Å². The summed E-state index contributed by atoms with van der Waals surface area (Å²) in [6.07, 6.45) is -0.548. The van der Waals surface area contributed by atoms with Gasteiger partial charge in [0.25, 0.3) is 5.69 Å². The number of rotatable bonds is 3. The van der Waals surface area contributed by atoms with E-state index in [1.165, 1.54) is 17.0 Å². The molecule has 0 atom stereocenters. The molecule has 1 aromatic rings. The molecule has 126 valence electrons. The quantitative estimate of drug-likeness (QED) is 0.614. The smallest absolute Gasteiger partial charge is 0.410 e. The van der Waals surface area contributed by atoms with E-state index in [0.29, 0.717) is 0 Å². The topological polar surface area (TPSA) is 107 Å². The maximum Gasteiger partial charge on any atom is 0.410 e. The molecule has 0 unspecified atom stereocenters. The van der Waals surface area contributed by atoms with Crippen LogP contribution in [0.1, 0.15) is 20.8 Å². The Morgan fingerprint density at radius 3 is 2.22 bits per heavy atom. The van der Waals surface area contributed by atoms with Crippen molar-refractivity contribution >= 4 is 21.6 Å². The summed E-state index contributed by atoms with van der Waals surface area (Å²) < 4.78 is 30.0. The van der Waals surface area contributed by atoms with Crippen LogP contribution in [0.15, 0.2) is 29.2 Å². The fourth-order valence-electron chi connectivity index (χ4n) is 2.06. The number of non-ortho nitro benzene ring substituents is 1. The van der Waals surface area contributed by atoms with Crippen LogP contribution in [-0.2, 0) is 14.6 Å². The normalized spacial score (nSPS) is 15.9. The number of ether oxygens (including phenoxy) is 1. The van der Waals surface area contributed by atoms with E-state index in [1.54, 1.807) is 20.8 Å². The third-order valence-corrected chi connectivity index (χ3v) is 5.42. The second-order valence-corrected chi connectivity index (χ2v) is 8.53. The van der Waals surface area contributed by atoms with Crippen LogP contribution < -0.4 is 0 Å². The van der Waals surface area contributed by atoms with Gasteiger partial charge in [-0.2, -0.15) is 0 Å². The summed E-state index contributed by atoms with van der Waals surface area (Å²) >= 11 is 0. The van der Waals surface area contributed by atoms with Crippen LogP contribution in [0.3, 0.4) is 0 Å². The Balaban J connectivity index is 2.03. The van der Waals surface area contributed by atoms with E-state index in [1.807, 2.05) is 0 Å². The number of nitro groups is 1. The highest BCUT2D eigenvalue weighted by atomic mass is 32.2. The van der Waals surface area contributed by atoms with Crippen LogP contribution in [0.25, 0.3) is 0 Å². The van der Waals surface area contributed by atoms with Gasteiger partial charge in [0, 0.05) is 25.2 Å². The molecule has 9 heteroatoms. The van der Waals surface area contributed by atoms with Gasteiger partial charge < -0.3 is 9.64 Å².